The fourth-order valence-electron chi connectivity index (χ4n) is 2.19. The topological polar surface area (TPSA) is 58.9 Å². The van der Waals surface area contributed by atoms with Gasteiger partial charge >= 0.3 is 0 Å². The molecule has 22 heavy (non-hydrogen) atoms. The maximum atomic E-state index is 9.94. The first-order chi connectivity index (χ1) is 10.7. The van der Waals surface area contributed by atoms with E-state index in [1.54, 1.807) is 0 Å². The van der Waals surface area contributed by atoms with Crippen LogP contribution < -0.4 is 9.47 Å². The summed E-state index contributed by atoms with van der Waals surface area (Å²) in [5.41, 5.74) is 0. The van der Waals surface area contributed by atoms with Crippen LogP contribution in [-0.2, 0) is 0 Å². The first-order valence-electron chi connectivity index (χ1n) is 8.50. The summed E-state index contributed by atoms with van der Waals surface area (Å²) in [4.78, 5) is 0. The van der Waals surface area contributed by atoms with Crippen LogP contribution in [0.4, 0.5) is 0 Å². The quantitative estimate of drug-likeness (QED) is 0.420. The average Bonchev–Trinajstić information content (AvgIpc) is 2.51. The van der Waals surface area contributed by atoms with Gasteiger partial charge in [0.2, 0.25) is 0 Å². The third kappa shape index (κ3) is 6.92. The molecular weight excluding hydrogens is 280 g/mol. The van der Waals surface area contributed by atoms with E-state index in [9.17, 15) is 10.2 Å². The molecule has 0 aliphatic heterocycles. The van der Waals surface area contributed by atoms with Crippen molar-refractivity contribution in [2.24, 2.45) is 0 Å². The summed E-state index contributed by atoms with van der Waals surface area (Å²) in [6, 6.07) is 2.85. The predicted octanol–water partition coefficient (Wildman–Crippen LogP) is 5.02. The maximum Gasteiger partial charge on any atom is 0.164 e. The number of benzene rings is 1. The van der Waals surface area contributed by atoms with E-state index < -0.39 is 0 Å². The van der Waals surface area contributed by atoms with Gasteiger partial charge in [-0.2, -0.15) is 0 Å². The summed E-state index contributed by atoms with van der Waals surface area (Å²) < 4.78 is 11.0. The standard InChI is InChI=1S/C18H30O4/c1-3-5-7-9-11-21-17-13-16(20)18(14-15(17)19)22-12-10-8-6-4-2/h13-14,19-20H,3-12H2,1-2H3. The Balaban J connectivity index is 2.42. The fraction of sp³-hybridized carbons (Fsp3) is 0.667. The second kappa shape index (κ2) is 11.0. The van der Waals surface area contributed by atoms with Gasteiger partial charge in [-0.05, 0) is 12.8 Å². The van der Waals surface area contributed by atoms with Gasteiger partial charge in [0.1, 0.15) is 0 Å². The first kappa shape index (κ1) is 18.5. The highest BCUT2D eigenvalue weighted by Gasteiger charge is 2.11. The molecule has 1 aromatic carbocycles. The Morgan fingerprint density at radius 2 is 1.09 bits per heavy atom. The van der Waals surface area contributed by atoms with Crippen LogP contribution in [0.25, 0.3) is 0 Å². The average molecular weight is 310 g/mol. The van der Waals surface area contributed by atoms with Crippen molar-refractivity contribution in [3.05, 3.63) is 12.1 Å². The highest BCUT2D eigenvalue weighted by Crippen LogP contribution is 2.38. The molecule has 126 valence electrons. The molecule has 2 N–H and O–H groups in total. The molecule has 1 rings (SSSR count). The highest BCUT2D eigenvalue weighted by atomic mass is 16.5. The van der Waals surface area contributed by atoms with Gasteiger partial charge in [0, 0.05) is 12.1 Å². The van der Waals surface area contributed by atoms with Crippen LogP contribution in [0.3, 0.4) is 0 Å². The molecule has 0 spiro atoms. The van der Waals surface area contributed by atoms with E-state index in [1.165, 1.54) is 37.8 Å². The van der Waals surface area contributed by atoms with Crippen molar-refractivity contribution in [3.63, 3.8) is 0 Å². The van der Waals surface area contributed by atoms with Crippen molar-refractivity contribution in [1.29, 1.82) is 0 Å². The molecule has 0 atom stereocenters. The molecule has 0 bridgehead atoms. The van der Waals surface area contributed by atoms with Gasteiger partial charge in [0.15, 0.2) is 23.0 Å². The van der Waals surface area contributed by atoms with Gasteiger partial charge in [-0.25, -0.2) is 0 Å². The van der Waals surface area contributed by atoms with E-state index in [2.05, 4.69) is 13.8 Å². The monoisotopic (exact) mass is 310 g/mol. The summed E-state index contributed by atoms with van der Waals surface area (Å²) in [6.07, 6.45) is 8.85. The van der Waals surface area contributed by atoms with Crippen molar-refractivity contribution in [1.82, 2.24) is 0 Å². The van der Waals surface area contributed by atoms with Crippen molar-refractivity contribution in [3.8, 4) is 23.0 Å². The number of hydrogen-bond acceptors (Lipinski definition) is 4. The van der Waals surface area contributed by atoms with Gasteiger partial charge in [-0.15, -0.1) is 0 Å². The van der Waals surface area contributed by atoms with Gasteiger partial charge in [-0.1, -0.05) is 52.4 Å². The SMILES string of the molecule is CCCCCCOc1cc(O)c(OCCCCCC)cc1O. The lowest BCUT2D eigenvalue weighted by Crippen LogP contribution is -2.00. The zero-order valence-corrected chi connectivity index (χ0v) is 13.9. The Kier molecular flexibility index (Phi) is 9.28. The lowest BCUT2D eigenvalue weighted by molar-refractivity contribution is 0.272. The summed E-state index contributed by atoms with van der Waals surface area (Å²) in [7, 11) is 0. The Morgan fingerprint density at radius 1 is 0.682 bits per heavy atom. The van der Waals surface area contributed by atoms with Crippen LogP contribution in [0, 0.1) is 0 Å². The Labute approximate surface area is 134 Å². The van der Waals surface area contributed by atoms with Crippen LogP contribution in [0.2, 0.25) is 0 Å². The molecule has 0 fully saturated rings. The zero-order chi connectivity index (χ0) is 16.2. The summed E-state index contributed by atoms with van der Waals surface area (Å²) >= 11 is 0. The third-order valence-electron chi connectivity index (χ3n) is 3.55. The van der Waals surface area contributed by atoms with Crippen LogP contribution in [0.15, 0.2) is 12.1 Å². The van der Waals surface area contributed by atoms with Crippen LogP contribution in [-0.4, -0.2) is 23.4 Å². The Hall–Kier alpha value is -1.58. The number of unbranched alkanes of at least 4 members (excludes halogenated alkanes) is 6. The molecule has 0 amide bonds. The molecular formula is C18H30O4. The van der Waals surface area contributed by atoms with Gasteiger partial charge in [-0.3, -0.25) is 0 Å². The van der Waals surface area contributed by atoms with Gasteiger partial charge < -0.3 is 19.7 Å². The minimum atomic E-state index is 0.0110. The summed E-state index contributed by atoms with van der Waals surface area (Å²) in [5.74, 6) is 0.647. The number of hydrogen-bond donors (Lipinski definition) is 2. The Morgan fingerprint density at radius 3 is 1.45 bits per heavy atom. The normalized spacial score (nSPS) is 10.6. The molecule has 0 saturated heterocycles. The molecule has 4 heteroatoms. The van der Waals surface area contributed by atoms with E-state index in [0.717, 1.165) is 25.7 Å². The number of phenols is 2. The van der Waals surface area contributed by atoms with Crippen LogP contribution >= 0.6 is 0 Å². The second-order valence-electron chi connectivity index (χ2n) is 5.61. The molecule has 1 aromatic rings. The minimum absolute atomic E-state index is 0.0110. The summed E-state index contributed by atoms with van der Waals surface area (Å²) in [5, 5.41) is 19.9. The predicted molar refractivity (Wildman–Crippen MR) is 89.0 cm³/mol. The third-order valence-corrected chi connectivity index (χ3v) is 3.55. The molecule has 0 aliphatic rings. The molecule has 0 heterocycles. The zero-order valence-electron chi connectivity index (χ0n) is 13.9. The van der Waals surface area contributed by atoms with E-state index >= 15 is 0 Å². The molecule has 0 saturated carbocycles. The first-order valence-corrected chi connectivity index (χ1v) is 8.50. The second-order valence-corrected chi connectivity index (χ2v) is 5.61. The minimum Gasteiger partial charge on any atom is -0.504 e. The van der Waals surface area contributed by atoms with E-state index in [0.29, 0.717) is 24.7 Å². The number of phenolic OH excluding ortho intramolecular Hbond substituents is 2. The smallest absolute Gasteiger partial charge is 0.164 e. The van der Waals surface area contributed by atoms with Gasteiger partial charge in [0.25, 0.3) is 0 Å². The van der Waals surface area contributed by atoms with Crippen molar-refractivity contribution in [2.75, 3.05) is 13.2 Å². The van der Waals surface area contributed by atoms with Crippen molar-refractivity contribution in [2.45, 2.75) is 65.2 Å². The van der Waals surface area contributed by atoms with E-state index in [4.69, 9.17) is 9.47 Å². The van der Waals surface area contributed by atoms with Crippen LogP contribution in [0.1, 0.15) is 65.2 Å². The lowest BCUT2D eigenvalue weighted by Gasteiger charge is -2.12. The molecule has 0 aliphatic carbocycles. The number of ether oxygens (including phenoxy) is 2. The van der Waals surface area contributed by atoms with Crippen molar-refractivity contribution >= 4 is 0 Å². The van der Waals surface area contributed by atoms with Crippen LogP contribution in [0.5, 0.6) is 23.0 Å². The molecule has 0 unspecified atom stereocenters. The Bertz CT molecular complexity index is 378. The molecule has 0 radical (unpaired) electrons. The summed E-state index contributed by atoms with van der Waals surface area (Å²) in [6.45, 7) is 5.41. The van der Waals surface area contributed by atoms with E-state index in [-0.39, 0.29) is 11.5 Å². The number of rotatable bonds is 12. The van der Waals surface area contributed by atoms with E-state index in [1.807, 2.05) is 0 Å². The fourth-order valence-corrected chi connectivity index (χ4v) is 2.19. The number of aromatic hydroxyl groups is 2. The van der Waals surface area contributed by atoms with Gasteiger partial charge in [0.05, 0.1) is 13.2 Å². The highest BCUT2D eigenvalue weighted by molar-refractivity contribution is 5.52. The maximum absolute atomic E-state index is 9.94. The largest absolute Gasteiger partial charge is 0.504 e. The van der Waals surface area contributed by atoms with Crippen molar-refractivity contribution < 1.29 is 19.7 Å². The molecule has 4 nitrogen and oxygen atoms in total. The molecule has 0 aromatic heterocycles. The lowest BCUT2D eigenvalue weighted by atomic mass is 10.2.